The van der Waals surface area contributed by atoms with E-state index < -0.39 is 0 Å². The summed E-state index contributed by atoms with van der Waals surface area (Å²) in [5.41, 5.74) is 6.20. The van der Waals surface area contributed by atoms with Crippen LogP contribution in [0.2, 0.25) is 0 Å². The van der Waals surface area contributed by atoms with Crippen LogP contribution in [0, 0.1) is 0 Å². The molecular weight excluding hydrogens is 520 g/mol. The van der Waals surface area contributed by atoms with E-state index in [1.807, 2.05) is 0 Å². The van der Waals surface area contributed by atoms with E-state index in [1.54, 1.807) is 0 Å². The first-order valence-electron chi connectivity index (χ1n) is 15.1. The Morgan fingerprint density at radius 1 is 0.465 bits per heavy atom. The molecule has 0 aromatic heterocycles. The van der Waals surface area contributed by atoms with Crippen LogP contribution in [0.3, 0.4) is 0 Å². The van der Waals surface area contributed by atoms with Crippen molar-refractivity contribution < 1.29 is 4.74 Å². The number of ether oxygens (including phenoxy) is 1. The second-order valence-corrected chi connectivity index (χ2v) is 12.0. The highest BCUT2D eigenvalue weighted by Gasteiger charge is 2.35. The van der Waals surface area contributed by atoms with Gasteiger partial charge in [0.2, 0.25) is 0 Å². The Kier molecular flexibility index (Phi) is 4.62. The van der Waals surface area contributed by atoms with E-state index in [0.29, 0.717) is 0 Å². The van der Waals surface area contributed by atoms with Crippen molar-refractivity contribution in [2.75, 3.05) is 0 Å². The first kappa shape index (κ1) is 23.2. The summed E-state index contributed by atoms with van der Waals surface area (Å²) in [7, 11) is 0. The lowest BCUT2D eigenvalue weighted by Gasteiger charge is -2.20. The van der Waals surface area contributed by atoms with E-state index >= 15 is 0 Å². The fraction of sp³-hybridized carbons (Fsp3) is 0.0476. The first-order valence-corrected chi connectivity index (χ1v) is 15.1. The van der Waals surface area contributed by atoms with Crippen LogP contribution in [0.5, 0.6) is 5.75 Å². The lowest BCUT2D eigenvalue weighted by atomic mass is 9.83. The van der Waals surface area contributed by atoms with Gasteiger partial charge in [0.1, 0.15) is 11.9 Å². The van der Waals surface area contributed by atoms with Gasteiger partial charge in [0.05, 0.1) is 0 Å². The minimum absolute atomic E-state index is 0.00796. The predicted octanol–water partition coefficient (Wildman–Crippen LogP) is 11.1. The van der Waals surface area contributed by atoms with Crippen LogP contribution in [0.4, 0.5) is 0 Å². The molecule has 43 heavy (non-hydrogen) atoms. The molecule has 1 nitrogen and oxygen atoms in total. The molecule has 0 radical (unpaired) electrons. The van der Waals surface area contributed by atoms with Gasteiger partial charge in [0.25, 0.3) is 0 Å². The number of fused-ring (bicyclic) bond motifs is 6. The summed E-state index contributed by atoms with van der Waals surface area (Å²) < 4.78 is 6.79. The SMILES string of the molecule is C1=CC2Oc3c(-c4cc5ccccc5c5ccccc45)cccc3C2C=C1c1ccc2ccc3cccc4ccc1c2c34. The molecule has 8 aromatic rings. The van der Waals surface area contributed by atoms with Crippen molar-refractivity contribution >= 4 is 59.4 Å². The molecule has 1 heterocycles. The van der Waals surface area contributed by atoms with Gasteiger partial charge in [0.15, 0.2) is 0 Å². The molecule has 2 aliphatic rings. The number of rotatable bonds is 2. The summed E-state index contributed by atoms with van der Waals surface area (Å²) in [4.78, 5) is 0. The molecule has 10 rings (SSSR count). The zero-order valence-electron chi connectivity index (χ0n) is 23.4. The topological polar surface area (TPSA) is 9.23 Å². The highest BCUT2D eigenvalue weighted by atomic mass is 16.5. The van der Waals surface area contributed by atoms with Gasteiger partial charge in [0, 0.05) is 17.0 Å². The number of allylic oxidation sites excluding steroid dienone is 2. The average molecular weight is 547 g/mol. The molecule has 0 N–H and O–H groups in total. The first-order chi connectivity index (χ1) is 21.3. The molecule has 2 atom stereocenters. The van der Waals surface area contributed by atoms with E-state index in [-0.39, 0.29) is 12.0 Å². The van der Waals surface area contributed by atoms with Crippen molar-refractivity contribution in [1.29, 1.82) is 0 Å². The van der Waals surface area contributed by atoms with Gasteiger partial charge in [-0.25, -0.2) is 0 Å². The van der Waals surface area contributed by atoms with Crippen molar-refractivity contribution in [3.05, 3.63) is 157 Å². The molecule has 1 aliphatic carbocycles. The van der Waals surface area contributed by atoms with Gasteiger partial charge in [-0.15, -0.1) is 0 Å². The van der Waals surface area contributed by atoms with Crippen LogP contribution in [0.25, 0.3) is 70.6 Å². The van der Waals surface area contributed by atoms with Crippen LogP contribution in [0.15, 0.2) is 146 Å². The summed E-state index contributed by atoms with van der Waals surface area (Å²) in [6.45, 7) is 0. The molecule has 1 heteroatoms. The molecule has 0 amide bonds. The quantitative estimate of drug-likeness (QED) is 0.196. The molecule has 8 aromatic carbocycles. The maximum atomic E-state index is 6.79. The molecule has 0 spiro atoms. The summed E-state index contributed by atoms with van der Waals surface area (Å²) in [5.74, 6) is 1.18. The van der Waals surface area contributed by atoms with Crippen LogP contribution in [-0.4, -0.2) is 6.10 Å². The van der Waals surface area contributed by atoms with Gasteiger partial charge in [-0.2, -0.15) is 0 Å². The van der Waals surface area contributed by atoms with Gasteiger partial charge in [-0.1, -0.05) is 133 Å². The molecule has 0 fully saturated rings. The zero-order valence-corrected chi connectivity index (χ0v) is 23.4. The van der Waals surface area contributed by atoms with E-state index in [9.17, 15) is 0 Å². The van der Waals surface area contributed by atoms with Crippen LogP contribution in [-0.2, 0) is 0 Å². The predicted molar refractivity (Wildman–Crippen MR) is 181 cm³/mol. The minimum atomic E-state index is -0.00796. The number of benzene rings is 8. The Morgan fingerprint density at radius 3 is 2.05 bits per heavy atom. The standard InChI is InChI=1S/C42H26O/c1-2-10-30-28(7-1)23-37(33-12-4-3-11-32(30)33)35-13-6-14-36-38-24-29(19-22-39(38)43-42(35)36)31-20-17-27-16-15-25-8-5-9-26-18-21-34(31)41(27)40(25)26/h1-24,38-39H. The monoisotopic (exact) mass is 546 g/mol. The van der Waals surface area contributed by atoms with Crippen molar-refractivity contribution in [2.45, 2.75) is 12.0 Å². The van der Waals surface area contributed by atoms with E-state index in [0.717, 1.165) is 5.75 Å². The smallest absolute Gasteiger partial charge is 0.132 e. The summed E-state index contributed by atoms with van der Waals surface area (Å²) in [5, 5.41) is 13.0. The van der Waals surface area contributed by atoms with Crippen LogP contribution < -0.4 is 4.74 Å². The zero-order chi connectivity index (χ0) is 28.1. The summed E-state index contributed by atoms with van der Waals surface area (Å²) in [6, 6.07) is 46.7. The second kappa shape index (κ2) is 8.56. The molecule has 200 valence electrons. The van der Waals surface area contributed by atoms with Gasteiger partial charge >= 0.3 is 0 Å². The molecular formula is C42H26O. The van der Waals surface area contributed by atoms with E-state index in [4.69, 9.17) is 4.74 Å². The van der Waals surface area contributed by atoms with Crippen molar-refractivity contribution in [3.63, 3.8) is 0 Å². The Hall–Kier alpha value is -5.40. The molecule has 0 bridgehead atoms. The molecule has 0 saturated heterocycles. The van der Waals surface area contributed by atoms with Crippen molar-refractivity contribution in [1.82, 2.24) is 0 Å². The highest BCUT2D eigenvalue weighted by molar-refractivity contribution is 6.24. The van der Waals surface area contributed by atoms with Crippen LogP contribution in [0.1, 0.15) is 17.0 Å². The second-order valence-electron chi connectivity index (χ2n) is 12.0. The minimum Gasteiger partial charge on any atom is -0.484 e. The third kappa shape index (κ3) is 3.22. The molecule has 0 saturated carbocycles. The molecule has 1 aliphatic heterocycles. The van der Waals surface area contributed by atoms with Crippen molar-refractivity contribution in [3.8, 4) is 16.9 Å². The fourth-order valence-electron chi connectivity index (χ4n) is 7.78. The third-order valence-electron chi connectivity index (χ3n) is 9.73. The van der Waals surface area contributed by atoms with Crippen molar-refractivity contribution in [2.24, 2.45) is 0 Å². The maximum Gasteiger partial charge on any atom is 0.132 e. The van der Waals surface area contributed by atoms with E-state index in [2.05, 4.69) is 146 Å². The van der Waals surface area contributed by atoms with Gasteiger partial charge in [-0.3, -0.25) is 0 Å². The summed E-state index contributed by atoms with van der Waals surface area (Å²) >= 11 is 0. The third-order valence-corrected chi connectivity index (χ3v) is 9.73. The number of hydrogen-bond donors (Lipinski definition) is 0. The van der Waals surface area contributed by atoms with Crippen LogP contribution >= 0.6 is 0 Å². The normalized spacial score (nSPS) is 17.5. The largest absolute Gasteiger partial charge is 0.484 e. The average Bonchev–Trinajstić information content (AvgIpc) is 3.45. The number of hydrogen-bond acceptors (Lipinski definition) is 1. The van der Waals surface area contributed by atoms with Gasteiger partial charge < -0.3 is 4.74 Å². The summed E-state index contributed by atoms with van der Waals surface area (Å²) in [6.07, 6.45) is 6.96. The Balaban J connectivity index is 1.14. The molecule has 2 unspecified atom stereocenters. The Morgan fingerprint density at radius 2 is 1.16 bits per heavy atom. The van der Waals surface area contributed by atoms with E-state index in [1.165, 1.54) is 81.7 Å². The Bertz CT molecular complexity index is 2480. The Labute approximate surface area is 249 Å². The highest BCUT2D eigenvalue weighted by Crippen LogP contribution is 2.50. The lowest BCUT2D eigenvalue weighted by Crippen LogP contribution is -2.17. The fourth-order valence-corrected chi connectivity index (χ4v) is 7.78. The maximum absolute atomic E-state index is 6.79. The number of para-hydroxylation sites is 1. The lowest BCUT2D eigenvalue weighted by molar-refractivity contribution is 0.270. The van der Waals surface area contributed by atoms with Gasteiger partial charge in [-0.05, 0) is 82.7 Å².